The standard InChI is InChI=1S/C14H17N3O2/c1-8-6-9(2)13(18)16-11(8)7-12(15-3)17-14(19)10-4-5-10/h6-7,10H,1,4-5H2,2-3H3,(H,16,18)(H,15,17,19)/b11-7+. The van der Waals surface area contributed by atoms with Gasteiger partial charge in [-0.05, 0) is 31.1 Å². The third kappa shape index (κ3) is 3.19. The number of hydrogen-bond acceptors (Lipinski definition) is 3. The molecular formula is C14H17N3O2. The van der Waals surface area contributed by atoms with E-state index in [2.05, 4.69) is 21.9 Å². The smallest absolute Gasteiger partial charge is 0.251 e. The van der Waals surface area contributed by atoms with Gasteiger partial charge < -0.3 is 10.3 Å². The van der Waals surface area contributed by atoms with Crippen LogP contribution in [0.5, 0.6) is 0 Å². The lowest BCUT2D eigenvalue weighted by molar-refractivity contribution is -0.120. The minimum atomic E-state index is -0.164. The Morgan fingerprint density at radius 1 is 1.58 bits per heavy atom. The average molecular weight is 259 g/mol. The highest BCUT2D eigenvalue weighted by Crippen LogP contribution is 2.28. The summed E-state index contributed by atoms with van der Waals surface area (Å²) in [5, 5.41) is 4.00. The maximum Gasteiger partial charge on any atom is 0.251 e. The first-order valence-corrected chi connectivity index (χ1v) is 6.19. The Balaban J connectivity index is 2.33. The molecule has 1 heterocycles. The molecule has 1 aromatic heterocycles. The van der Waals surface area contributed by atoms with Gasteiger partial charge in [-0.2, -0.15) is 0 Å². The number of rotatable bonds is 2. The Morgan fingerprint density at radius 3 is 2.84 bits per heavy atom. The molecule has 1 aromatic rings. The van der Waals surface area contributed by atoms with Crippen molar-refractivity contribution >= 4 is 24.4 Å². The van der Waals surface area contributed by atoms with E-state index in [4.69, 9.17) is 0 Å². The summed E-state index contributed by atoms with van der Waals surface area (Å²) in [5.41, 5.74) is 0.446. The topological polar surface area (TPSA) is 74.3 Å². The second-order valence-electron chi connectivity index (χ2n) is 4.74. The molecular weight excluding hydrogens is 242 g/mol. The highest BCUT2D eigenvalue weighted by molar-refractivity contribution is 6.15. The Labute approximate surface area is 110 Å². The molecule has 0 atom stereocenters. The van der Waals surface area contributed by atoms with E-state index in [-0.39, 0.29) is 17.4 Å². The summed E-state index contributed by atoms with van der Waals surface area (Å²) >= 11 is 0. The molecule has 0 aliphatic heterocycles. The molecule has 2 N–H and O–H groups in total. The summed E-state index contributed by atoms with van der Waals surface area (Å²) in [4.78, 5) is 30.0. The predicted molar refractivity (Wildman–Crippen MR) is 75.3 cm³/mol. The highest BCUT2D eigenvalue weighted by Gasteiger charge is 2.29. The summed E-state index contributed by atoms with van der Waals surface area (Å²) in [7, 11) is 1.59. The minimum absolute atomic E-state index is 0.0167. The van der Waals surface area contributed by atoms with Crippen LogP contribution in [-0.4, -0.2) is 23.8 Å². The Morgan fingerprint density at radius 2 is 2.26 bits per heavy atom. The first kappa shape index (κ1) is 13.3. The number of H-pyrrole nitrogens is 1. The lowest BCUT2D eigenvalue weighted by Crippen LogP contribution is -2.38. The van der Waals surface area contributed by atoms with Crippen molar-refractivity contribution in [1.29, 1.82) is 0 Å². The van der Waals surface area contributed by atoms with Gasteiger partial charge in [-0.25, -0.2) is 0 Å². The number of aromatic nitrogens is 1. The number of carbonyl (C=O) groups is 1. The van der Waals surface area contributed by atoms with E-state index < -0.39 is 0 Å². The summed E-state index contributed by atoms with van der Waals surface area (Å²) in [6, 6.07) is 1.71. The summed E-state index contributed by atoms with van der Waals surface area (Å²) in [6.45, 7) is 5.59. The SMILES string of the molecule is C=c1cc(C)c(=O)[nH]/c1=C/C(=NC)NC(=O)C1CC1. The van der Waals surface area contributed by atoms with Crippen LogP contribution in [0.3, 0.4) is 0 Å². The Hall–Kier alpha value is -2.17. The molecule has 1 aliphatic rings. The van der Waals surface area contributed by atoms with Gasteiger partial charge in [-0.3, -0.25) is 14.6 Å². The molecule has 1 saturated carbocycles. The van der Waals surface area contributed by atoms with E-state index in [9.17, 15) is 9.59 Å². The van der Waals surface area contributed by atoms with Gasteiger partial charge in [0.25, 0.3) is 5.56 Å². The molecule has 0 unspecified atom stereocenters. The molecule has 1 fully saturated rings. The highest BCUT2D eigenvalue weighted by atomic mass is 16.2. The molecule has 100 valence electrons. The second-order valence-corrected chi connectivity index (χ2v) is 4.74. The van der Waals surface area contributed by atoms with E-state index in [1.165, 1.54) is 0 Å². The van der Waals surface area contributed by atoms with E-state index in [1.807, 2.05) is 0 Å². The van der Waals surface area contributed by atoms with E-state index in [0.29, 0.717) is 22.0 Å². The maximum atomic E-state index is 11.7. The van der Waals surface area contributed by atoms with Gasteiger partial charge in [0, 0.05) is 24.6 Å². The number of aliphatic imine (C=N–C) groups is 1. The van der Waals surface area contributed by atoms with Crippen LogP contribution in [0.25, 0.3) is 12.7 Å². The Kier molecular flexibility index (Phi) is 3.64. The molecule has 0 spiro atoms. The number of aromatic amines is 1. The van der Waals surface area contributed by atoms with Crippen molar-refractivity contribution in [2.75, 3.05) is 7.05 Å². The van der Waals surface area contributed by atoms with Crippen molar-refractivity contribution in [1.82, 2.24) is 10.3 Å². The molecule has 0 saturated heterocycles. The van der Waals surface area contributed by atoms with Gasteiger partial charge >= 0.3 is 0 Å². The van der Waals surface area contributed by atoms with Gasteiger partial charge in [0.2, 0.25) is 5.91 Å². The van der Waals surface area contributed by atoms with Crippen LogP contribution >= 0.6 is 0 Å². The zero-order valence-electron chi connectivity index (χ0n) is 11.1. The van der Waals surface area contributed by atoms with Gasteiger partial charge in [-0.15, -0.1) is 0 Å². The predicted octanol–water partition coefficient (Wildman–Crippen LogP) is -0.571. The number of amides is 1. The third-order valence-electron chi connectivity index (χ3n) is 3.06. The van der Waals surface area contributed by atoms with E-state index >= 15 is 0 Å². The fourth-order valence-corrected chi connectivity index (χ4v) is 1.70. The van der Waals surface area contributed by atoms with Crippen LogP contribution in [0.2, 0.25) is 0 Å². The number of carbonyl (C=O) groups excluding carboxylic acids is 1. The van der Waals surface area contributed by atoms with Gasteiger partial charge in [0.15, 0.2) is 0 Å². The molecule has 1 aliphatic carbocycles. The summed E-state index contributed by atoms with van der Waals surface area (Å²) < 4.78 is 0. The third-order valence-corrected chi connectivity index (χ3v) is 3.06. The van der Waals surface area contributed by atoms with Crippen LogP contribution in [-0.2, 0) is 4.79 Å². The number of nitrogens with zero attached hydrogens (tertiary/aromatic N) is 1. The van der Waals surface area contributed by atoms with Crippen molar-refractivity contribution in [3.63, 3.8) is 0 Å². The van der Waals surface area contributed by atoms with E-state index in [1.54, 1.807) is 26.1 Å². The molecule has 2 rings (SSSR count). The van der Waals surface area contributed by atoms with Gasteiger partial charge in [0.05, 0.1) is 5.35 Å². The van der Waals surface area contributed by atoms with Gasteiger partial charge in [-0.1, -0.05) is 6.58 Å². The maximum absolute atomic E-state index is 11.7. The number of nitrogens with one attached hydrogen (secondary N) is 2. The Bertz CT molecular complexity index is 696. The molecule has 5 heteroatoms. The zero-order valence-corrected chi connectivity index (χ0v) is 11.1. The van der Waals surface area contributed by atoms with Crippen LogP contribution in [0.1, 0.15) is 18.4 Å². The quantitative estimate of drug-likeness (QED) is 0.551. The van der Waals surface area contributed by atoms with E-state index in [0.717, 1.165) is 12.8 Å². The number of amidine groups is 1. The molecule has 1 amide bonds. The summed E-state index contributed by atoms with van der Waals surface area (Å²) in [5.74, 6) is 0.527. The van der Waals surface area contributed by atoms with Crippen molar-refractivity contribution in [3.05, 3.63) is 32.6 Å². The van der Waals surface area contributed by atoms with Crippen LogP contribution in [0.15, 0.2) is 15.9 Å². The van der Waals surface area contributed by atoms with Crippen molar-refractivity contribution in [2.45, 2.75) is 19.8 Å². The number of pyridine rings is 1. The van der Waals surface area contributed by atoms with Crippen LogP contribution in [0, 0.1) is 12.8 Å². The molecule has 0 aromatic carbocycles. The number of aryl methyl sites for hydroxylation is 1. The normalized spacial score (nSPS) is 16.5. The minimum Gasteiger partial charge on any atom is -0.322 e. The summed E-state index contributed by atoms with van der Waals surface area (Å²) in [6.07, 6.45) is 3.50. The van der Waals surface area contributed by atoms with Gasteiger partial charge in [0.1, 0.15) is 5.84 Å². The average Bonchev–Trinajstić information content (AvgIpc) is 3.18. The largest absolute Gasteiger partial charge is 0.322 e. The second kappa shape index (κ2) is 5.22. The lowest BCUT2D eigenvalue weighted by Gasteiger charge is -2.03. The number of hydrogen-bond donors (Lipinski definition) is 2. The first-order valence-electron chi connectivity index (χ1n) is 6.19. The van der Waals surface area contributed by atoms with Crippen LogP contribution < -0.4 is 21.4 Å². The molecule has 19 heavy (non-hydrogen) atoms. The molecule has 0 bridgehead atoms. The van der Waals surface area contributed by atoms with Crippen LogP contribution in [0.4, 0.5) is 0 Å². The van der Waals surface area contributed by atoms with Crippen molar-refractivity contribution in [2.24, 2.45) is 10.9 Å². The lowest BCUT2D eigenvalue weighted by atomic mass is 10.2. The fraction of sp³-hybridized carbons (Fsp3) is 0.357. The monoisotopic (exact) mass is 259 g/mol. The van der Waals surface area contributed by atoms with Crippen molar-refractivity contribution < 1.29 is 4.79 Å². The zero-order chi connectivity index (χ0) is 14.0. The van der Waals surface area contributed by atoms with Crippen molar-refractivity contribution in [3.8, 4) is 0 Å². The first-order chi connectivity index (χ1) is 9.01. The fourth-order valence-electron chi connectivity index (χ4n) is 1.70. The molecule has 5 nitrogen and oxygen atoms in total. The molecule has 0 radical (unpaired) electrons.